The Balaban J connectivity index is 2.01. The van der Waals surface area contributed by atoms with Crippen molar-refractivity contribution in [1.82, 2.24) is 9.80 Å². The van der Waals surface area contributed by atoms with E-state index in [2.05, 4.69) is 16.8 Å². The summed E-state index contributed by atoms with van der Waals surface area (Å²) in [6.07, 6.45) is 0. The van der Waals surface area contributed by atoms with E-state index in [1.807, 2.05) is 6.92 Å². The molecule has 1 aliphatic heterocycles. The molecule has 5 nitrogen and oxygen atoms in total. The third-order valence-electron chi connectivity index (χ3n) is 4.18. The van der Waals surface area contributed by atoms with Crippen LogP contribution < -0.4 is 5.63 Å². The van der Waals surface area contributed by atoms with Gasteiger partial charge in [0.15, 0.2) is 0 Å². The molecule has 5 heteroatoms. The Kier molecular flexibility index (Phi) is 3.69. The van der Waals surface area contributed by atoms with Crippen LogP contribution in [0.5, 0.6) is 5.75 Å². The van der Waals surface area contributed by atoms with Gasteiger partial charge in [-0.1, -0.05) is 0 Å². The van der Waals surface area contributed by atoms with Crippen LogP contribution in [0.15, 0.2) is 27.4 Å². The Morgan fingerprint density at radius 2 is 1.95 bits per heavy atom. The molecule has 112 valence electrons. The van der Waals surface area contributed by atoms with Crippen LogP contribution in [0.4, 0.5) is 0 Å². The molecule has 1 N–H and O–H groups in total. The molecule has 1 aliphatic rings. The van der Waals surface area contributed by atoms with E-state index in [4.69, 9.17) is 4.42 Å². The highest BCUT2D eigenvalue weighted by molar-refractivity contribution is 5.84. The van der Waals surface area contributed by atoms with Gasteiger partial charge in [-0.25, -0.2) is 4.79 Å². The molecular weight excluding hydrogens is 268 g/mol. The number of benzene rings is 1. The number of phenolic OH excluding ortho intramolecular Hbond substituents is 1. The first-order chi connectivity index (χ1) is 10.0. The number of nitrogens with zero attached hydrogens (tertiary/aromatic N) is 2. The zero-order valence-electron chi connectivity index (χ0n) is 12.4. The fourth-order valence-electron chi connectivity index (χ4n) is 2.81. The number of likely N-dealkylation sites (N-methyl/N-ethyl adjacent to an activating group) is 1. The maximum Gasteiger partial charge on any atom is 0.336 e. The maximum absolute atomic E-state index is 11.6. The van der Waals surface area contributed by atoms with Crippen molar-refractivity contribution in [3.63, 3.8) is 0 Å². The predicted molar refractivity (Wildman–Crippen MR) is 81.7 cm³/mol. The second kappa shape index (κ2) is 5.50. The fraction of sp³-hybridized carbons (Fsp3) is 0.438. The second-order valence-electron chi connectivity index (χ2n) is 5.77. The standard InChI is InChI=1S/C16H20N2O3/c1-11-9-15(20)21-16-12(11)3-4-14(19)13(16)10-18-7-5-17(2)6-8-18/h3-4,9,19H,5-8,10H2,1-2H3. The number of hydrogen-bond donors (Lipinski definition) is 1. The molecule has 1 saturated heterocycles. The third-order valence-corrected chi connectivity index (χ3v) is 4.18. The van der Waals surface area contributed by atoms with Crippen LogP contribution in [0.1, 0.15) is 11.1 Å². The summed E-state index contributed by atoms with van der Waals surface area (Å²) in [6, 6.07) is 4.97. The van der Waals surface area contributed by atoms with E-state index in [1.54, 1.807) is 12.1 Å². The molecule has 0 saturated carbocycles. The van der Waals surface area contributed by atoms with Crippen molar-refractivity contribution in [2.24, 2.45) is 0 Å². The van der Waals surface area contributed by atoms with Crippen molar-refractivity contribution in [3.05, 3.63) is 39.7 Å². The average molecular weight is 288 g/mol. The SMILES string of the molecule is Cc1cc(=O)oc2c(CN3CCN(C)CC3)c(O)ccc12. The van der Waals surface area contributed by atoms with Gasteiger partial charge in [0, 0.05) is 44.2 Å². The van der Waals surface area contributed by atoms with Gasteiger partial charge in [-0.05, 0) is 31.7 Å². The number of aromatic hydroxyl groups is 1. The molecule has 0 unspecified atom stereocenters. The van der Waals surface area contributed by atoms with Gasteiger partial charge in [0.05, 0.1) is 5.56 Å². The van der Waals surface area contributed by atoms with Gasteiger partial charge < -0.3 is 14.4 Å². The first kappa shape index (κ1) is 14.1. The molecule has 0 bridgehead atoms. The summed E-state index contributed by atoms with van der Waals surface area (Å²) in [4.78, 5) is 16.2. The number of piperazine rings is 1. The Hall–Kier alpha value is -1.85. The molecule has 1 fully saturated rings. The molecule has 0 atom stereocenters. The summed E-state index contributed by atoms with van der Waals surface area (Å²) in [5.41, 5.74) is 1.72. The predicted octanol–water partition coefficient (Wildman–Crippen LogP) is 1.55. The first-order valence-electron chi connectivity index (χ1n) is 7.21. The minimum atomic E-state index is -0.370. The first-order valence-corrected chi connectivity index (χ1v) is 7.21. The highest BCUT2D eigenvalue weighted by Crippen LogP contribution is 2.29. The Morgan fingerprint density at radius 1 is 1.24 bits per heavy atom. The molecule has 0 radical (unpaired) electrons. The van der Waals surface area contributed by atoms with E-state index in [0.717, 1.165) is 37.1 Å². The fourth-order valence-corrected chi connectivity index (χ4v) is 2.81. The van der Waals surface area contributed by atoms with Gasteiger partial charge >= 0.3 is 5.63 Å². The highest BCUT2D eigenvalue weighted by Gasteiger charge is 2.18. The van der Waals surface area contributed by atoms with Crippen molar-refractivity contribution in [1.29, 1.82) is 0 Å². The zero-order valence-corrected chi connectivity index (χ0v) is 12.4. The minimum Gasteiger partial charge on any atom is -0.507 e. The topological polar surface area (TPSA) is 56.9 Å². The lowest BCUT2D eigenvalue weighted by Gasteiger charge is -2.32. The summed E-state index contributed by atoms with van der Waals surface area (Å²) >= 11 is 0. The molecule has 3 rings (SSSR count). The van der Waals surface area contributed by atoms with Crippen LogP contribution in [-0.2, 0) is 6.54 Å². The second-order valence-corrected chi connectivity index (χ2v) is 5.77. The van der Waals surface area contributed by atoms with Crippen LogP contribution >= 0.6 is 0 Å². The normalized spacial score (nSPS) is 17.4. The smallest absolute Gasteiger partial charge is 0.336 e. The summed E-state index contributed by atoms with van der Waals surface area (Å²) in [5.74, 6) is 0.190. The number of hydrogen-bond acceptors (Lipinski definition) is 5. The molecule has 2 aromatic rings. The molecular formula is C16H20N2O3. The van der Waals surface area contributed by atoms with Gasteiger partial charge in [0.2, 0.25) is 0 Å². The number of rotatable bonds is 2. The summed E-state index contributed by atoms with van der Waals surface area (Å²) < 4.78 is 5.36. The molecule has 0 spiro atoms. The van der Waals surface area contributed by atoms with Crippen LogP contribution in [-0.4, -0.2) is 48.1 Å². The van der Waals surface area contributed by atoms with Crippen molar-refractivity contribution in [2.45, 2.75) is 13.5 Å². The van der Waals surface area contributed by atoms with Crippen molar-refractivity contribution < 1.29 is 9.52 Å². The maximum atomic E-state index is 11.6. The summed E-state index contributed by atoms with van der Waals surface area (Å²) in [6.45, 7) is 6.40. The van der Waals surface area contributed by atoms with E-state index in [0.29, 0.717) is 17.7 Å². The molecule has 1 aromatic carbocycles. The Morgan fingerprint density at radius 3 is 2.67 bits per heavy atom. The number of aryl methyl sites for hydroxylation is 1. The minimum absolute atomic E-state index is 0.190. The van der Waals surface area contributed by atoms with Crippen LogP contribution in [0.2, 0.25) is 0 Å². The molecule has 2 heterocycles. The van der Waals surface area contributed by atoms with Gasteiger partial charge in [-0.2, -0.15) is 0 Å². The summed E-state index contributed by atoms with van der Waals surface area (Å²) in [5, 5.41) is 11.1. The highest BCUT2D eigenvalue weighted by atomic mass is 16.4. The van der Waals surface area contributed by atoms with Crippen LogP contribution in [0.25, 0.3) is 11.0 Å². The van der Waals surface area contributed by atoms with Crippen molar-refractivity contribution in [2.75, 3.05) is 33.2 Å². The lowest BCUT2D eigenvalue weighted by atomic mass is 10.1. The largest absolute Gasteiger partial charge is 0.507 e. The lowest BCUT2D eigenvalue weighted by molar-refractivity contribution is 0.147. The Bertz CT molecular complexity index is 715. The average Bonchev–Trinajstić information content (AvgIpc) is 2.44. The monoisotopic (exact) mass is 288 g/mol. The zero-order chi connectivity index (χ0) is 15.0. The molecule has 0 amide bonds. The van der Waals surface area contributed by atoms with Gasteiger partial charge in [-0.15, -0.1) is 0 Å². The molecule has 21 heavy (non-hydrogen) atoms. The quantitative estimate of drug-likeness (QED) is 0.850. The van der Waals surface area contributed by atoms with E-state index in [9.17, 15) is 9.90 Å². The lowest BCUT2D eigenvalue weighted by Crippen LogP contribution is -2.43. The van der Waals surface area contributed by atoms with Gasteiger partial charge in [0.1, 0.15) is 11.3 Å². The summed E-state index contributed by atoms with van der Waals surface area (Å²) in [7, 11) is 2.11. The van der Waals surface area contributed by atoms with E-state index in [-0.39, 0.29) is 11.4 Å². The van der Waals surface area contributed by atoms with Crippen LogP contribution in [0, 0.1) is 6.92 Å². The Labute approximate surface area is 123 Å². The third kappa shape index (κ3) is 2.80. The number of fused-ring (bicyclic) bond motifs is 1. The van der Waals surface area contributed by atoms with Crippen LogP contribution in [0.3, 0.4) is 0 Å². The number of phenols is 1. The van der Waals surface area contributed by atoms with E-state index < -0.39 is 0 Å². The molecule has 1 aromatic heterocycles. The van der Waals surface area contributed by atoms with Crippen molar-refractivity contribution in [3.8, 4) is 5.75 Å². The van der Waals surface area contributed by atoms with Crippen molar-refractivity contribution >= 4 is 11.0 Å². The van der Waals surface area contributed by atoms with Gasteiger partial charge in [-0.3, -0.25) is 4.90 Å². The van der Waals surface area contributed by atoms with E-state index in [1.165, 1.54) is 6.07 Å². The van der Waals surface area contributed by atoms with E-state index >= 15 is 0 Å². The molecule has 0 aliphatic carbocycles. The van der Waals surface area contributed by atoms with Gasteiger partial charge in [0.25, 0.3) is 0 Å².